The van der Waals surface area contributed by atoms with E-state index in [9.17, 15) is 13.2 Å². The van der Waals surface area contributed by atoms with Gasteiger partial charge in [0.05, 0.1) is 4.90 Å². The minimum atomic E-state index is -3.81. The van der Waals surface area contributed by atoms with Gasteiger partial charge in [-0.25, -0.2) is 8.42 Å². The van der Waals surface area contributed by atoms with E-state index in [1.165, 1.54) is 31.2 Å². The molecule has 1 aromatic rings. The van der Waals surface area contributed by atoms with E-state index in [0.717, 1.165) is 0 Å². The number of carbonyl (C=O) groups is 1. The van der Waals surface area contributed by atoms with Crippen molar-refractivity contribution in [2.45, 2.75) is 17.9 Å². The fourth-order valence-electron chi connectivity index (χ4n) is 0.965. The molecular weight excluding hydrogens is 254 g/mol. The lowest BCUT2D eigenvalue weighted by molar-refractivity contribution is -0.138. The monoisotopic (exact) mass is 263 g/mol. The molecule has 2 N–H and O–H groups in total. The van der Waals surface area contributed by atoms with E-state index in [4.69, 9.17) is 16.7 Å². The predicted molar refractivity (Wildman–Crippen MR) is 58.9 cm³/mol. The quantitative estimate of drug-likeness (QED) is 0.852. The third kappa shape index (κ3) is 3.19. The predicted octanol–water partition coefficient (Wildman–Crippen LogP) is 1.09. The summed E-state index contributed by atoms with van der Waals surface area (Å²) in [7, 11) is -3.81. The van der Waals surface area contributed by atoms with Crippen molar-refractivity contribution in [2.75, 3.05) is 0 Å². The fourth-order valence-corrected chi connectivity index (χ4v) is 2.29. The highest BCUT2D eigenvalue weighted by molar-refractivity contribution is 7.89. The van der Waals surface area contributed by atoms with E-state index in [1.54, 1.807) is 0 Å². The molecule has 0 aliphatic heterocycles. The van der Waals surface area contributed by atoms with Crippen LogP contribution in [0, 0.1) is 0 Å². The Labute approximate surface area is 98.1 Å². The summed E-state index contributed by atoms with van der Waals surface area (Å²) in [6.07, 6.45) is 0. The molecule has 0 saturated heterocycles. The third-order valence-electron chi connectivity index (χ3n) is 1.83. The van der Waals surface area contributed by atoms with Crippen LogP contribution in [-0.2, 0) is 14.8 Å². The molecule has 0 aliphatic carbocycles. The van der Waals surface area contributed by atoms with Gasteiger partial charge in [0.25, 0.3) is 0 Å². The Morgan fingerprint density at radius 2 is 1.88 bits per heavy atom. The first-order valence-corrected chi connectivity index (χ1v) is 6.20. The smallest absolute Gasteiger partial charge is 0.321 e. The maximum Gasteiger partial charge on any atom is 0.321 e. The average molecular weight is 264 g/mol. The first-order chi connectivity index (χ1) is 7.33. The van der Waals surface area contributed by atoms with Gasteiger partial charge in [0.15, 0.2) is 0 Å². The second kappa shape index (κ2) is 4.82. The number of sulfonamides is 1. The summed E-state index contributed by atoms with van der Waals surface area (Å²) >= 11 is 5.61. The minimum absolute atomic E-state index is 0.0231. The Morgan fingerprint density at radius 1 is 1.38 bits per heavy atom. The molecule has 0 heterocycles. The third-order valence-corrected chi connectivity index (χ3v) is 3.63. The molecule has 0 aliphatic rings. The summed E-state index contributed by atoms with van der Waals surface area (Å²) in [5, 5.41) is 9.00. The number of benzene rings is 1. The van der Waals surface area contributed by atoms with E-state index < -0.39 is 22.0 Å². The van der Waals surface area contributed by atoms with Crippen LogP contribution in [0.2, 0.25) is 5.02 Å². The van der Waals surface area contributed by atoms with Crippen LogP contribution in [0.1, 0.15) is 6.92 Å². The van der Waals surface area contributed by atoms with Gasteiger partial charge in [0.1, 0.15) is 6.04 Å². The van der Waals surface area contributed by atoms with Gasteiger partial charge in [-0.3, -0.25) is 4.79 Å². The summed E-state index contributed by atoms with van der Waals surface area (Å²) in [5.41, 5.74) is 0. The molecule has 7 heteroatoms. The number of carboxylic acids is 1. The van der Waals surface area contributed by atoms with Crippen LogP contribution in [-0.4, -0.2) is 25.5 Å². The molecule has 0 spiro atoms. The molecule has 0 bridgehead atoms. The van der Waals surface area contributed by atoms with Crippen LogP contribution in [0.3, 0.4) is 0 Å². The van der Waals surface area contributed by atoms with Crippen LogP contribution in [0.25, 0.3) is 0 Å². The van der Waals surface area contributed by atoms with Crippen LogP contribution < -0.4 is 4.72 Å². The standard InChI is InChI=1S/C9H10ClNO4S/c1-6(9(12)13)11-16(14,15)8-4-2-7(10)3-5-8/h2-6,11H,1H3,(H,12,13). The van der Waals surface area contributed by atoms with E-state index in [0.29, 0.717) is 5.02 Å². The lowest BCUT2D eigenvalue weighted by Crippen LogP contribution is -2.38. The van der Waals surface area contributed by atoms with Crippen LogP contribution in [0.15, 0.2) is 29.2 Å². The molecule has 5 nitrogen and oxygen atoms in total. The zero-order valence-corrected chi connectivity index (χ0v) is 9.92. The van der Waals surface area contributed by atoms with Gasteiger partial charge in [-0.15, -0.1) is 0 Å². The number of carboxylic acid groups (broad SMARTS) is 1. The van der Waals surface area contributed by atoms with E-state index in [1.807, 2.05) is 4.72 Å². The largest absolute Gasteiger partial charge is 0.480 e. The van der Waals surface area contributed by atoms with Crippen molar-refractivity contribution >= 4 is 27.6 Å². The van der Waals surface area contributed by atoms with Crippen molar-refractivity contribution in [1.82, 2.24) is 4.72 Å². The Morgan fingerprint density at radius 3 is 2.31 bits per heavy atom. The zero-order valence-electron chi connectivity index (χ0n) is 8.34. The van der Waals surface area contributed by atoms with E-state index >= 15 is 0 Å². The summed E-state index contributed by atoms with van der Waals surface area (Å²) in [5.74, 6) is -1.24. The Bertz CT molecular complexity index is 483. The van der Waals surface area contributed by atoms with Gasteiger partial charge in [0.2, 0.25) is 10.0 Å². The summed E-state index contributed by atoms with van der Waals surface area (Å²) < 4.78 is 25.3. The normalized spacial score (nSPS) is 13.4. The lowest BCUT2D eigenvalue weighted by Gasteiger charge is -2.09. The maximum absolute atomic E-state index is 11.6. The van der Waals surface area contributed by atoms with Gasteiger partial charge in [-0.2, -0.15) is 4.72 Å². The number of rotatable bonds is 4. The molecule has 0 amide bonds. The molecule has 1 atom stereocenters. The second-order valence-electron chi connectivity index (χ2n) is 3.14. The van der Waals surface area contributed by atoms with Crippen molar-refractivity contribution in [3.63, 3.8) is 0 Å². The number of halogens is 1. The summed E-state index contributed by atoms with van der Waals surface area (Å²) in [6, 6.07) is 4.27. The number of aliphatic carboxylic acids is 1. The molecule has 0 radical (unpaired) electrons. The average Bonchev–Trinajstić information content (AvgIpc) is 2.17. The van der Waals surface area contributed by atoms with Gasteiger partial charge >= 0.3 is 5.97 Å². The maximum atomic E-state index is 11.6. The highest BCUT2D eigenvalue weighted by Gasteiger charge is 2.21. The number of nitrogens with one attached hydrogen (secondary N) is 1. The SMILES string of the molecule is CC(NS(=O)(=O)c1ccc(Cl)cc1)C(=O)O. The van der Waals surface area contributed by atoms with Crippen molar-refractivity contribution in [2.24, 2.45) is 0 Å². The molecule has 16 heavy (non-hydrogen) atoms. The van der Waals surface area contributed by atoms with Gasteiger partial charge in [0, 0.05) is 5.02 Å². The van der Waals surface area contributed by atoms with Gasteiger partial charge < -0.3 is 5.11 Å². The van der Waals surface area contributed by atoms with Crippen molar-refractivity contribution in [3.8, 4) is 0 Å². The van der Waals surface area contributed by atoms with Crippen molar-refractivity contribution in [1.29, 1.82) is 0 Å². The number of hydrogen-bond acceptors (Lipinski definition) is 3. The molecule has 0 fully saturated rings. The van der Waals surface area contributed by atoms with Gasteiger partial charge in [-0.05, 0) is 31.2 Å². The Balaban J connectivity index is 2.94. The van der Waals surface area contributed by atoms with Gasteiger partial charge in [-0.1, -0.05) is 11.6 Å². The van der Waals surface area contributed by atoms with Crippen molar-refractivity contribution in [3.05, 3.63) is 29.3 Å². The fraction of sp³-hybridized carbons (Fsp3) is 0.222. The van der Waals surface area contributed by atoms with Crippen molar-refractivity contribution < 1.29 is 18.3 Å². The highest BCUT2D eigenvalue weighted by Crippen LogP contribution is 2.14. The molecule has 0 aromatic heterocycles. The summed E-state index contributed by atoms with van der Waals surface area (Å²) in [4.78, 5) is 10.5. The molecule has 1 unspecified atom stereocenters. The highest BCUT2D eigenvalue weighted by atomic mass is 35.5. The van der Waals surface area contributed by atoms with E-state index in [-0.39, 0.29) is 4.90 Å². The Hall–Kier alpha value is -1.11. The second-order valence-corrected chi connectivity index (χ2v) is 5.29. The first-order valence-electron chi connectivity index (χ1n) is 4.33. The Kier molecular flexibility index (Phi) is 3.90. The molecule has 1 aromatic carbocycles. The molecule has 0 saturated carbocycles. The summed E-state index contributed by atoms with van der Waals surface area (Å²) in [6.45, 7) is 1.25. The zero-order chi connectivity index (χ0) is 12.3. The molecular formula is C9H10ClNO4S. The van der Waals surface area contributed by atoms with Crippen LogP contribution in [0.5, 0.6) is 0 Å². The van der Waals surface area contributed by atoms with Crippen LogP contribution in [0.4, 0.5) is 0 Å². The topological polar surface area (TPSA) is 83.5 Å². The molecule has 88 valence electrons. The van der Waals surface area contributed by atoms with E-state index in [2.05, 4.69) is 0 Å². The van der Waals surface area contributed by atoms with Crippen LogP contribution >= 0.6 is 11.6 Å². The lowest BCUT2D eigenvalue weighted by atomic mass is 10.4. The minimum Gasteiger partial charge on any atom is -0.480 e. The molecule has 1 rings (SSSR count). The number of hydrogen-bond donors (Lipinski definition) is 2. The first kappa shape index (κ1) is 13.0.